The van der Waals surface area contributed by atoms with Crippen molar-refractivity contribution in [2.75, 3.05) is 0 Å². The minimum atomic E-state index is -0.192. The highest BCUT2D eigenvalue weighted by atomic mass is 35.5. The van der Waals surface area contributed by atoms with Crippen LogP contribution < -0.4 is 10.1 Å². The number of hydrogen-bond acceptors (Lipinski definition) is 3. The van der Waals surface area contributed by atoms with Gasteiger partial charge in [0.1, 0.15) is 12.4 Å². The molecule has 0 saturated heterocycles. The molecule has 0 fully saturated rings. The van der Waals surface area contributed by atoms with Crippen molar-refractivity contribution in [3.8, 4) is 16.9 Å². The van der Waals surface area contributed by atoms with Gasteiger partial charge >= 0.3 is 0 Å². The quantitative estimate of drug-likeness (QED) is 0.699. The van der Waals surface area contributed by atoms with Crippen molar-refractivity contribution in [3.63, 3.8) is 0 Å². The Morgan fingerprint density at radius 2 is 2.00 bits per heavy atom. The summed E-state index contributed by atoms with van der Waals surface area (Å²) < 4.78 is 5.78. The third-order valence-electron chi connectivity index (χ3n) is 4.28. The molecule has 1 aromatic heterocycles. The second-order valence-corrected chi connectivity index (χ2v) is 6.79. The third-order valence-corrected chi connectivity index (χ3v) is 4.86. The normalized spacial score (nSPS) is 11.9. The van der Waals surface area contributed by atoms with Gasteiger partial charge in [0.25, 0.3) is 5.91 Å². The molecule has 130 valence electrons. The van der Waals surface area contributed by atoms with Gasteiger partial charge in [-0.15, -0.1) is 0 Å². The van der Waals surface area contributed by atoms with E-state index in [0.29, 0.717) is 34.5 Å². The molecule has 0 spiro atoms. The van der Waals surface area contributed by atoms with Crippen LogP contribution in [0.15, 0.2) is 54.9 Å². The van der Waals surface area contributed by atoms with Crippen LogP contribution in [0, 0.1) is 0 Å². The van der Waals surface area contributed by atoms with Crippen molar-refractivity contribution in [2.45, 2.75) is 13.2 Å². The summed E-state index contributed by atoms with van der Waals surface area (Å²) >= 11 is 12.0. The van der Waals surface area contributed by atoms with Crippen molar-refractivity contribution in [2.24, 2.45) is 0 Å². The number of carbonyl (C=O) groups excluding carboxylic acids is 1. The zero-order chi connectivity index (χ0) is 18.1. The zero-order valence-corrected chi connectivity index (χ0v) is 15.1. The lowest BCUT2D eigenvalue weighted by atomic mass is 9.97. The standard InChI is InChI=1S/C20H14Cl2N2O2/c21-15-3-1-13(18(22)8-15)10-24-20(25)12-2-4-17-16-5-6-23-9-14(16)11-26-19(17)7-12/h1-9H,10-11H2,(H,24,25). The summed E-state index contributed by atoms with van der Waals surface area (Å²) in [6, 6.07) is 12.6. The molecule has 0 bridgehead atoms. The van der Waals surface area contributed by atoms with Crippen LogP contribution in [0.25, 0.3) is 11.1 Å². The van der Waals surface area contributed by atoms with E-state index in [1.54, 1.807) is 42.7 Å². The van der Waals surface area contributed by atoms with Crippen molar-refractivity contribution in [3.05, 3.63) is 81.6 Å². The lowest BCUT2D eigenvalue weighted by Gasteiger charge is -2.20. The Morgan fingerprint density at radius 3 is 2.85 bits per heavy atom. The number of halogens is 2. The number of carbonyl (C=O) groups is 1. The molecule has 4 nitrogen and oxygen atoms in total. The average Bonchev–Trinajstić information content (AvgIpc) is 2.66. The van der Waals surface area contributed by atoms with Gasteiger partial charge in [-0.1, -0.05) is 29.3 Å². The Morgan fingerprint density at radius 1 is 1.12 bits per heavy atom. The summed E-state index contributed by atoms with van der Waals surface area (Å²) in [7, 11) is 0. The maximum atomic E-state index is 12.5. The summed E-state index contributed by atoms with van der Waals surface area (Å²) in [5.41, 5.74) is 4.42. The van der Waals surface area contributed by atoms with Gasteiger partial charge in [-0.2, -0.15) is 0 Å². The molecule has 0 unspecified atom stereocenters. The lowest BCUT2D eigenvalue weighted by molar-refractivity contribution is 0.0950. The van der Waals surface area contributed by atoms with E-state index in [1.165, 1.54) is 0 Å². The zero-order valence-electron chi connectivity index (χ0n) is 13.6. The first kappa shape index (κ1) is 16.9. The number of nitrogens with zero attached hydrogens (tertiary/aromatic N) is 1. The van der Waals surface area contributed by atoms with Crippen LogP contribution in [0.5, 0.6) is 5.75 Å². The Balaban J connectivity index is 1.53. The van der Waals surface area contributed by atoms with Crippen molar-refractivity contribution in [1.29, 1.82) is 0 Å². The fraction of sp³-hybridized carbons (Fsp3) is 0.100. The number of benzene rings is 2. The lowest BCUT2D eigenvalue weighted by Crippen LogP contribution is -2.23. The van der Waals surface area contributed by atoms with Crippen LogP contribution in [-0.4, -0.2) is 10.9 Å². The first-order valence-electron chi connectivity index (χ1n) is 8.04. The summed E-state index contributed by atoms with van der Waals surface area (Å²) in [6.45, 7) is 0.767. The largest absolute Gasteiger partial charge is 0.488 e. The molecule has 1 aliphatic rings. The van der Waals surface area contributed by atoms with E-state index in [9.17, 15) is 4.79 Å². The van der Waals surface area contributed by atoms with Gasteiger partial charge in [-0.3, -0.25) is 9.78 Å². The first-order chi connectivity index (χ1) is 12.6. The summed E-state index contributed by atoms with van der Waals surface area (Å²) in [4.78, 5) is 16.6. The Hall–Kier alpha value is -2.56. The maximum Gasteiger partial charge on any atom is 0.251 e. The Labute approximate surface area is 160 Å². The van der Waals surface area contributed by atoms with Gasteiger partial charge in [-0.25, -0.2) is 0 Å². The van der Waals surface area contributed by atoms with Crippen molar-refractivity contribution < 1.29 is 9.53 Å². The molecular formula is C20H14Cl2N2O2. The summed E-state index contributed by atoms with van der Waals surface area (Å²) in [5.74, 6) is 0.504. The number of ether oxygens (including phenoxy) is 1. The predicted octanol–water partition coefficient (Wildman–Crippen LogP) is 4.88. The summed E-state index contributed by atoms with van der Waals surface area (Å²) in [5, 5.41) is 3.96. The first-order valence-corrected chi connectivity index (χ1v) is 8.79. The highest BCUT2D eigenvalue weighted by Gasteiger charge is 2.19. The minimum absolute atomic E-state index is 0.192. The van der Waals surface area contributed by atoms with Gasteiger partial charge in [0.05, 0.1) is 0 Å². The van der Waals surface area contributed by atoms with Crippen LogP contribution in [0.4, 0.5) is 0 Å². The molecule has 2 heterocycles. The van der Waals surface area contributed by atoms with Gasteiger partial charge in [-0.05, 0) is 47.5 Å². The maximum absolute atomic E-state index is 12.5. The van der Waals surface area contributed by atoms with E-state index >= 15 is 0 Å². The number of nitrogens with one attached hydrogen (secondary N) is 1. The number of pyridine rings is 1. The molecule has 2 aromatic carbocycles. The molecule has 0 saturated carbocycles. The molecule has 6 heteroatoms. The van der Waals surface area contributed by atoms with E-state index in [-0.39, 0.29) is 5.91 Å². The van der Waals surface area contributed by atoms with Crippen LogP contribution in [0.1, 0.15) is 21.5 Å². The second kappa shape index (κ2) is 6.98. The van der Waals surface area contributed by atoms with Gasteiger partial charge in [0.2, 0.25) is 0 Å². The molecule has 1 N–H and O–H groups in total. The molecule has 1 aliphatic heterocycles. The van der Waals surface area contributed by atoms with E-state index in [0.717, 1.165) is 22.3 Å². The number of fused-ring (bicyclic) bond motifs is 3. The number of hydrogen-bond donors (Lipinski definition) is 1. The molecule has 0 radical (unpaired) electrons. The predicted molar refractivity (Wildman–Crippen MR) is 102 cm³/mol. The van der Waals surface area contributed by atoms with Gasteiger partial charge in [0.15, 0.2) is 0 Å². The summed E-state index contributed by atoms with van der Waals surface area (Å²) in [6.07, 6.45) is 3.55. The number of rotatable bonds is 3. The second-order valence-electron chi connectivity index (χ2n) is 5.95. The molecule has 1 amide bonds. The molecule has 26 heavy (non-hydrogen) atoms. The molecule has 4 rings (SSSR count). The van der Waals surface area contributed by atoms with Crippen molar-refractivity contribution >= 4 is 29.1 Å². The minimum Gasteiger partial charge on any atom is -0.488 e. The topological polar surface area (TPSA) is 51.2 Å². The fourth-order valence-corrected chi connectivity index (χ4v) is 3.38. The Bertz CT molecular complexity index is 1000. The monoisotopic (exact) mass is 384 g/mol. The smallest absolute Gasteiger partial charge is 0.251 e. The van der Waals surface area contributed by atoms with Crippen LogP contribution in [0.2, 0.25) is 10.0 Å². The third kappa shape index (κ3) is 3.26. The average molecular weight is 385 g/mol. The number of aromatic nitrogens is 1. The van der Waals surface area contributed by atoms with Crippen LogP contribution in [0.3, 0.4) is 0 Å². The van der Waals surface area contributed by atoms with Crippen LogP contribution >= 0.6 is 23.2 Å². The SMILES string of the molecule is O=C(NCc1ccc(Cl)cc1Cl)c1ccc2c(c1)OCc1cnccc1-2. The molecule has 3 aromatic rings. The van der Waals surface area contributed by atoms with E-state index < -0.39 is 0 Å². The van der Waals surface area contributed by atoms with E-state index in [4.69, 9.17) is 27.9 Å². The fourth-order valence-electron chi connectivity index (χ4n) is 2.91. The van der Waals surface area contributed by atoms with E-state index in [2.05, 4.69) is 10.3 Å². The van der Waals surface area contributed by atoms with Gasteiger partial charge in [0, 0.05) is 45.7 Å². The Kier molecular flexibility index (Phi) is 4.53. The van der Waals surface area contributed by atoms with E-state index in [1.807, 2.05) is 12.1 Å². The molecule has 0 atom stereocenters. The van der Waals surface area contributed by atoms with Gasteiger partial charge < -0.3 is 10.1 Å². The highest BCUT2D eigenvalue weighted by Crippen LogP contribution is 2.37. The number of amides is 1. The van der Waals surface area contributed by atoms with Crippen LogP contribution in [-0.2, 0) is 13.2 Å². The molecule has 0 aliphatic carbocycles. The van der Waals surface area contributed by atoms with Crippen molar-refractivity contribution in [1.82, 2.24) is 10.3 Å². The highest BCUT2D eigenvalue weighted by molar-refractivity contribution is 6.35. The molecular weight excluding hydrogens is 371 g/mol.